The van der Waals surface area contributed by atoms with E-state index in [1.165, 1.54) is 42.6 Å². The number of carbonyl (C=O) groups is 2. The number of nitrogens with zero attached hydrogens (tertiary/aromatic N) is 1. The second-order valence-corrected chi connectivity index (χ2v) is 4.39. The fraction of sp³-hybridized carbons (Fsp3) is 0.0714. The Hall–Kier alpha value is -2.47. The van der Waals surface area contributed by atoms with Gasteiger partial charge in [-0.05, 0) is 36.4 Å². The highest BCUT2D eigenvalue weighted by Gasteiger charge is 2.11. The molecule has 108 valence electrons. The van der Waals surface area contributed by atoms with E-state index in [-0.39, 0.29) is 10.7 Å². The summed E-state index contributed by atoms with van der Waals surface area (Å²) >= 11 is 5.64. The minimum absolute atomic E-state index is 0.153. The van der Waals surface area contributed by atoms with Crippen LogP contribution in [-0.4, -0.2) is 23.5 Å². The number of halogens is 2. The Balaban J connectivity index is 1.86. The second kappa shape index (κ2) is 6.81. The van der Waals surface area contributed by atoms with Crippen LogP contribution < -0.4 is 5.32 Å². The van der Waals surface area contributed by atoms with Gasteiger partial charge in [-0.1, -0.05) is 11.6 Å². The van der Waals surface area contributed by atoms with Crippen LogP contribution in [0.3, 0.4) is 0 Å². The van der Waals surface area contributed by atoms with Crippen LogP contribution in [0.15, 0.2) is 42.6 Å². The number of nitrogens with one attached hydrogen (secondary N) is 1. The zero-order valence-electron chi connectivity index (χ0n) is 10.7. The summed E-state index contributed by atoms with van der Waals surface area (Å²) in [5, 5.41) is 2.62. The number of esters is 1. The fourth-order valence-corrected chi connectivity index (χ4v) is 1.65. The molecular weight excluding hydrogens is 299 g/mol. The van der Waals surface area contributed by atoms with E-state index in [2.05, 4.69) is 10.3 Å². The number of rotatable bonds is 4. The van der Waals surface area contributed by atoms with Crippen molar-refractivity contribution in [3.63, 3.8) is 0 Å². The minimum atomic E-state index is -0.687. The van der Waals surface area contributed by atoms with E-state index in [1.54, 1.807) is 0 Å². The molecule has 2 aromatic rings. The maximum Gasteiger partial charge on any atom is 0.338 e. The van der Waals surface area contributed by atoms with Gasteiger partial charge in [0.2, 0.25) is 0 Å². The first-order valence-electron chi connectivity index (χ1n) is 5.89. The molecule has 1 N–H and O–H groups in total. The molecule has 0 bridgehead atoms. The van der Waals surface area contributed by atoms with Crippen LogP contribution in [0.1, 0.15) is 10.4 Å². The fourth-order valence-electron chi connectivity index (χ4n) is 1.47. The molecule has 1 amide bonds. The van der Waals surface area contributed by atoms with Gasteiger partial charge in [-0.15, -0.1) is 0 Å². The Morgan fingerprint density at radius 1 is 1.24 bits per heavy atom. The van der Waals surface area contributed by atoms with Crippen molar-refractivity contribution in [1.29, 1.82) is 0 Å². The number of hydrogen-bond acceptors (Lipinski definition) is 4. The lowest BCUT2D eigenvalue weighted by Crippen LogP contribution is -2.20. The summed E-state index contributed by atoms with van der Waals surface area (Å²) in [6, 6.07) is 7.98. The number of benzene rings is 1. The van der Waals surface area contributed by atoms with Gasteiger partial charge in [-0.3, -0.25) is 4.79 Å². The third kappa shape index (κ3) is 4.54. The number of hydrogen-bond donors (Lipinski definition) is 1. The quantitative estimate of drug-likeness (QED) is 0.696. The molecule has 0 aliphatic carbocycles. The smallest absolute Gasteiger partial charge is 0.338 e. The third-order valence-corrected chi connectivity index (χ3v) is 2.63. The average Bonchev–Trinajstić information content (AvgIpc) is 2.47. The predicted octanol–water partition coefficient (Wildman–Crippen LogP) is 2.67. The standard InChI is InChI=1S/C14H10ClFN2O3/c15-12-7-9(5-6-17-12)14(20)21-8-13(19)18-11-3-1-10(16)2-4-11/h1-7H,8H2,(H,18,19). The first-order chi connectivity index (χ1) is 10.0. The van der Waals surface area contributed by atoms with E-state index in [1.807, 2.05) is 0 Å². The van der Waals surface area contributed by atoms with Crippen LogP contribution in [0.4, 0.5) is 10.1 Å². The summed E-state index contributed by atoms with van der Waals surface area (Å²) in [5.74, 6) is -1.63. The topological polar surface area (TPSA) is 68.3 Å². The Kier molecular flexibility index (Phi) is 4.84. The van der Waals surface area contributed by atoms with Crippen LogP contribution >= 0.6 is 11.6 Å². The van der Waals surface area contributed by atoms with Crippen LogP contribution in [0, 0.1) is 5.82 Å². The Labute approximate surface area is 124 Å². The number of carbonyl (C=O) groups excluding carboxylic acids is 2. The molecule has 0 aliphatic heterocycles. The van der Waals surface area contributed by atoms with Crippen molar-refractivity contribution < 1.29 is 18.7 Å². The molecule has 0 saturated carbocycles. The molecule has 1 aromatic heterocycles. The SMILES string of the molecule is O=C(COC(=O)c1ccnc(Cl)c1)Nc1ccc(F)cc1. The second-order valence-electron chi connectivity index (χ2n) is 4.00. The first-order valence-corrected chi connectivity index (χ1v) is 6.26. The lowest BCUT2D eigenvalue weighted by atomic mass is 10.3. The van der Waals surface area contributed by atoms with Gasteiger partial charge in [0.25, 0.3) is 5.91 Å². The van der Waals surface area contributed by atoms with Gasteiger partial charge < -0.3 is 10.1 Å². The van der Waals surface area contributed by atoms with E-state index in [0.717, 1.165) is 0 Å². The zero-order chi connectivity index (χ0) is 15.2. The first kappa shape index (κ1) is 14.9. The highest BCUT2D eigenvalue weighted by molar-refractivity contribution is 6.29. The number of amides is 1. The largest absolute Gasteiger partial charge is 0.452 e. The van der Waals surface area contributed by atoms with E-state index in [4.69, 9.17) is 16.3 Å². The van der Waals surface area contributed by atoms with E-state index < -0.39 is 24.3 Å². The molecule has 0 radical (unpaired) electrons. The summed E-state index contributed by atoms with van der Waals surface area (Å²) in [6.45, 7) is -0.462. The van der Waals surface area contributed by atoms with E-state index in [9.17, 15) is 14.0 Å². The van der Waals surface area contributed by atoms with E-state index in [0.29, 0.717) is 5.69 Å². The van der Waals surface area contributed by atoms with Crippen molar-refractivity contribution >= 4 is 29.2 Å². The third-order valence-electron chi connectivity index (χ3n) is 2.42. The highest BCUT2D eigenvalue weighted by Crippen LogP contribution is 2.09. The molecular formula is C14H10ClFN2O3. The molecule has 2 rings (SSSR count). The van der Waals surface area contributed by atoms with Gasteiger partial charge in [0.1, 0.15) is 11.0 Å². The molecule has 0 spiro atoms. The molecule has 5 nitrogen and oxygen atoms in total. The van der Waals surface area contributed by atoms with Crippen molar-refractivity contribution in [2.75, 3.05) is 11.9 Å². The molecule has 0 atom stereocenters. The predicted molar refractivity (Wildman–Crippen MR) is 74.6 cm³/mol. The van der Waals surface area contributed by atoms with Crippen molar-refractivity contribution in [1.82, 2.24) is 4.98 Å². The van der Waals surface area contributed by atoms with Crippen molar-refractivity contribution in [2.24, 2.45) is 0 Å². The normalized spacial score (nSPS) is 10.0. The summed E-state index contributed by atoms with van der Waals surface area (Å²) in [7, 11) is 0. The molecule has 7 heteroatoms. The Morgan fingerprint density at radius 3 is 2.62 bits per heavy atom. The van der Waals surface area contributed by atoms with Gasteiger partial charge in [-0.25, -0.2) is 14.2 Å². The number of anilines is 1. The minimum Gasteiger partial charge on any atom is -0.452 e. The molecule has 1 heterocycles. The molecule has 0 unspecified atom stereocenters. The molecule has 0 aliphatic rings. The summed E-state index contributed by atoms with van der Waals surface area (Å²) in [6.07, 6.45) is 1.36. The molecule has 0 saturated heterocycles. The van der Waals surface area contributed by atoms with Crippen LogP contribution in [-0.2, 0) is 9.53 Å². The molecule has 0 fully saturated rings. The van der Waals surface area contributed by atoms with Crippen molar-refractivity contribution in [3.8, 4) is 0 Å². The average molecular weight is 309 g/mol. The van der Waals surface area contributed by atoms with Gasteiger partial charge in [0, 0.05) is 11.9 Å². The lowest BCUT2D eigenvalue weighted by molar-refractivity contribution is -0.119. The number of pyridine rings is 1. The maximum absolute atomic E-state index is 12.7. The Bertz CT molecular complexity index is 662. The molecule has 21 heavy (non-hydrogen) atoms. The highest BCUT2D eigenvalue weighted by atomic mass is 35.5. The maximum atomic E-state index is 12.7. The van der Waals surface area contributed by atoms with Crippen LogP contribution in [0.5, 0.6) is 0 Å². The zero-order valence-corrected chi connectivity index (χ0v) is 11.4. The molecule has 1 aromatic carbocycles. The van der Waals surface area contributed by atoms with Gasteiger partial charge in [-0.2, -0.15) is 0 Å². The van der Waals surface area contributed by atoms with Crippen LogP contribution in [0.25, 0.3) is 0 Å². The van der Waals surface area contributed by atoms with Gasteiger partial charge in [0.15, 0.2) is 6.61 Å². The summed E-state index contributed by atoms with van der Waals surface area (Å²) in [5.41, 5.74) is 0.606. The summed E-state index contributed by atoms with van der Waals surface area (Å²) < 4.78 is 17.5. The monoisotopic (exact) mass is 308 g/mol. The Morgan fingerprint density at radius 2 is 1.95 bits per heavy atom. The number of aromatic nitrogens is 1. The van der Waals surface area contributed by atoms with Gasteiger partial charge >= 0.3 is 5.97 Å². The van der Waals surface area contributed by atoms with Crippen molar-refractivity contribution in [3.05, 3.63) is 59.1 Å². The van der Waals surface area contributed by atoms with Crippen LogP contribution in [0.2, 0.25) is 5.15 Å². The summed E-state index contributed by atoms with van der Waals surface area (Å²) in [4.78, 5) is 27.0. The van der Waals surface area contributed by atoms with Gasteiger partial charge in [0.05, 0.1) is 5.56 Å². The van der Waals surface area contributed by atoms with E-state index >= 15 is 0 Å². The van der Waals surface area contributed by atoms with Crippen molar-refractivity contribution in [2.45, 2.75) is 0 Å². The lowest BCUT2D eigenvalue weighted by Gasteiger charge is -2.06. The number of ether oxygens (including phenoxy) is 1.